The van der Waals surface area contributed by atoms with Gasteiger partial charge in [0.25, 0.3) is 0 Å². The molecule has 2 N–H and O–H groups in total. The van der Waals surface area contributed by atoms with Crippen LogP contribution in [0, 0.1) is 0 Å². The Morgan fingerprint density at radius 3 is 2.40 bits per heavy atom. The van der Waals surface area contributed by atoms with Gasteiger partial charge in [-0.25, -0.2) is 9.78 Å². The van der Waals surface area contributed by atoms with E-state index in [9.17, 15) is 31.1 Å². The Morgan fingerprint density at radius 1 is 1.03 bits per heavy atom. The molecule has 0 aliphatic heterocycles. The molecule has 1 aromatic carbocycles. The van der Waals surface area contributed by atoms with Crippen molar-refractivity contribution in [3.8, 4) is 11.1 Å². The molecule has 0 aliphatic rings. The quantitative estimate of drug-likeness (QED) is 0.544. The molecular formula is C19H14F6N4O. The molecule has 5 nitrogen and oxygen atoms in total. The summed E-state index contributed by atoms with van der Waals surface area (Å²) in [6.07, 6.45) is -7.85. The van der Waals surface area contributed by atoms with Crippen molar-refractivity contribution in [3.63, 3.8) is 0 Å². The van der Waals surface area contributed by atoms with Gasteiger partial charge in [0.15, 0.2) is 0 Å². The maximum atomic E-state index is 13.7. The zero-order valence-electron chi connectivity index (χ0n) is 15.3. The number of carbonyl (C=O) groups excluding carboxylic acids is 1. The number of alkyl halides is 6. The Bertz CT molecular complexity index is 1090. The molecule has 2 heterocycles. The van der Waals surface area contributed by atoms with Gasteiger partial charge in [-0.2, -0.15) is 26.3 Å². The number of aromatic nitrogens is 2. The number of hydrogen-bond donors (Lipinski definition) is 2. The Balaban J connectivity index is 2.34. The molecule has 3 rings (SSSR count). The number of nitrogens with zero attached hydrogens (tertiary/aromatic N) is 2. The maximum Gasteiger partial charge on any atom is 0.417 e. The summed E-state index contributed by atoms with van der Waals surface area (Å²) in [7, 11) is 0. The minimum atomic E-state index is -5.31. The predicted molar refractivity (Wildman–Crippen MR) is 97.7 cm³/mol. The molecule has 0 bridgehead atoms. The lowest BCUT2D eigenvalue weighted by molar-refractivity contribution is -0.161. The number of carbonyl (C=O) groups is 1. The second-order valence-electron chi connectivity index (χ2n) is 6.16. The lowest BCUT2D eigenvalue weighted by atomic mass is 9.94. The number of benzene rings is 1. The van der Waals surface area contributed by atoms with Crippen LogP contribution < -0.4 is 10.6 Å². The molecule has 158 valence electrons. The van der Waals surface area contributed by atoms with Crippen molar-refractivity contribution < 1.29 is 31.1 Å². The third-order valence-electron chi connectivity index (χ3n) is 4.13. The van der Waals surface area contributed by atoms with E-state index in [4.69, 9.17) is 0 Å². The Morgan fingerprint density at radius 2 is 1.77 bits per heavy atom. The van der Waals surface area contributed by atoms with E-state index in [1.807, 2.05) is 0 Å². The topological polar surface area (TPSA) is 66.9 Å². The number of halogens is 6. The average molecular weight is 428 g/mol. The van der Waals surface area contributed by atoms with E-state index in [0.29, 0.717) is 17.0 Å². The van der Waals surface area contributed by atoms with Gasteiger partial charge < -0.3 is 5.32 Å². The van der Waals surface area contributed by atoms with E-state index >= 15 is 0 Å². The summed E-state index contributed by atoms with van der Waals surface area (Å²) in [5.41, 5.74) is -4.48. The second kappa shape index (κ2) is 7.81. The maximum absolute atomic E-state index is 13.7. The SMILES string of the molecule is CCNC(=O)Nc1nc2ccncc2cc1-c1cccc(C(F)(F)F)c1C(F)(F)F. The minimum Gasteiger partial charge on any atom is -0.338 e. The molecule has 0 atom stereocenters. The van der Waals surface area contributed by atoms with Crippen molar-refractivity contribution in [1.29, 1.82) is 0 Å². The van der Waals surface area contributed by atoms with Crippen molar-refractivity contribution in [2.24, 2.45) is 0 Å². The molecule has 2 aromatic heterocycles. The number of fused-ring (bicyclic) bond motifs is 1. The third-order valence-corrected chi connectivity index (χ3v) is 4.13. The van der Waals surface area contributed by atoms with Gasteiger partial charge in [-0.3, -0.25) is 10.3 Å². The van der Waals surface area contributed by atoms with Crippen LogP contribution in [0.3, 0.4) is 0 Å². The van der Waals surface area contributed by atoms with Gasteiger partial charge in [-0.15, -0.1) is 0 Å². The van der Waals surface area contributed by atoms with Gasteiger partial charge in [0, 0.05) is 29.9 Å². The monoisotopic (exact) mass is 428 g/mol. The van der Waals surface area contributed by atoms with Crippen LogP contribution in [0.25, 0.3) is 22.0 Å². The highest BCUT2D eigenvalue weighted by atomic mass is 19.4. The summed E-state index contributed by atoms with van der Waals surface area (Å²) < 4.78 is 81.2. The Hall–Kier alpha value is -3.37. The van der Waals surface area contributed by atoms with Gasteiger partial charge in [0.1, 0.15) is 5.82 Å². The first-order valence-electron chi connectivity index (χ1n) is 8.59. The molecule has 0 radical (unpaired) electrons. The molecule has 11 heteroatoms. The van der Waals surface area contributed by atoms with E-state index in [-0.39, 0.29) is 17.9 Å². The van der Waals surface area contributed by atoms with Crippen molar-refractivity contribution >= 4 is 22.8 Å². The number of nitrogens with one attached hydrogen (secondary N) is 2. The number of rotatable bonds is 3. The first-order valence-corrected chi connectivity index (χ1v) is 8.59. The van der Waals surface area contributed by atoms with Crippen LogP contribution >= 0.6 is 0 Å². The van der Waals surface area contributed by atoms with Crippen LogP contribution in [0.1, 0.15) is 18.1 Å². The van der Waals surface area contributed by atoms with Crippen LogP contribution in [0.15, 0.2) is 42.7 Å². The summed E-state index contributed by atoms with van der Waals surface area (Å²) in [5, 5.41) is 5.00. The summed E-state index contributed by atoms with van der Waals surface area (Å²) in [6, 6.07) is 4.04. The largest absolute Gasteiger partial charge is 0.417 e. The Labute approximate surface area is 166 Å². The van der Waals surface area contributed by atoms with Gasteiger partial charge >= 0.3 is 18.4 Å². The molecule has 3 aromatic rings. The summed E-state index contributed by atoms with van der Waals surface area (Å²) in [6.45, 7) is 1.84. The fraction of sp³-hybridized carbons (Fsp3) is 0.211. The predicted octanol–water partition coefficient (Wildman–Crippen LogP) is 5.48. The first kappa shape index (κ1) is 21.3. The number of pyridine rings is 2. The molecular weight excluding hydrogens is 414 g/mol. The fourth-order valence-corrected chi connectivity index (χ4v) is 2.95. The normalized spacial score (nSPS) is 12.1. The van der Waals surface area contributed by atoms with Crippen LogP contribution in [-0.2, 0) is 12.4 Å². The Kier molecular flexibility index (Phi) is 5.55. The smallest absolute Gasteiger partial charge is 0.338 e. The molecule has 0 saturated carbocycles. The van der Waals surface area contributed by atoms with Gasteiger partial charge in [0.2, 0.25) is 0 Å². The van der Waals surface area contributed by atoms with E-state index in [2.05, 4.69) is 20.6 Å². The van der Waals surface area contributed by atoms with Crippen LogP contribution in [0.5, 0.6) is 0 Å². The van der Waals surface area contributed by atoms with E-state index in [1.54, 1.807) is 6.92 Å². The van der Waals surface area contributed by atoms with Crippen molar-refractivity contribution in [2.75, 3.05) is 11.9 Å². The molecule has 0 aliphatic carbocycles. The number of hydrogen-bond acceptors (Lipinski definition) is 3. The van der Waals surface area contributed by atoms with Crippen molar-refractivity contribution in [1.82, 2.24) is 15.3 Å². The summed E-state index contributed by atoms with van der Waals surface area (Å²) in [5.74, 6) is -0.315. The van der Waals surface area contributed by atoms with Crippen LogP contribution in [0.2, 0.25) is 0 Å². The van der Waals surface area contributed by atoms with Crippen molar-refractivity contribution in [3.05, 3.63) is 53.9 Å². The average Bonchev–Trinajstić information content (AvgIpc) is 2.65. The van der Waals surface area contributed by atoms with Crippen LogP contribution in [0.4, 0.5) is 37.0 Å². The van der Waals surface area contributed by atoms with E-state index in [1.165, 1.54) is 24.5 Å². The molecule has 0 unspecified atom stereocenters. The molecule has 0 fully saturated rings. The number of urea groups is 1. The standard InChI is InChI=1S/C19H14F6N4O/c1-2-27-17(30)29-16-12(8-10-9-26-7-6-14(10)28-16)11-4-3-5-13(18(20,21)22)15(11)19(23,24)25/h3-9H,2H2,1H3,(H2,27,28,29,30). The van der Waals surface area contributed by atoms with E-state index in [0.717, 1.165) is 12.1 Å². The van der Waals surface area contributed by atoms with E-state index < -0.39 is 35.1 Å². The molecule has 0 saturated heterocycles. The fourth-order valence-electron chi connectivity index (χ4n) is 2.95. The van der Waals surface area contributed by atoms with Gasteiger partial charge in [-0.1, -0.05) is 12.1 Å². The minimum absolute atomic E-state index is 0.218. The molecule has 0 spiro atoms. The highest BCUT2D eigenvalue weighted by Crippen LogP contribution is 2.46. The molecule has 30 heavy (non-hydrogen) atoms. The lowest BCUT2D eigenvalue weighted by Crippen LogP contribution is -2.29. The first-order chi connectivity index (χ1) is 14.0. The third kappa shape index (κ3) is 4.29. The van der Waals surface area contributed by atoms with Gasteiger partial charge in [-0.05, 0) is 30.7 Å². The zero-order valence-corrected chi connectivity index (χ0v) is 15.3. The highest BCUT2D eigenvalue weighted by molar-refractivity contribution is 5.97. The lowest BCUT2D eigenvalue weighted by Gasteiger charge is -2.21. The van der Waals surface area contributed by atoms with Crippen molar-refractivity contribution in [2.45, 2.75) is 19.3 Å². The number of amides is 2. The summed E-state index contributed by atoms with van der Waals surface area (Å²) >= 11 is 0. The molecule has 2 amide bonds. The second-order valence-corrected chi connectivity index (χ2v) is 6.16. The van der Waals surface area contributed by atoms with Crippen LogP contribution in [-0.4, -0.2) is 22.5 Å². The summed E-state index contributed by atoms with van der Waals surface area (Å²) in [4.78, 5) is 19.9. The number of anilines is 1. The van der Waals surface area contributed by atoms with Gasteiger partial charge in [0.05, 0.1) is 16.6 Å². The zero-order chi connectivity index (χ0) is 22.1. The highest BCUT2D eigenvalue weighted by Gasteiger charge is 2.45.